The molecule has 0 fully saturated rings. The van der Waals surface area contributed by atoms with Gasteiger partial charge in [-0.3, -0.25) is 4.79 Å². The summed E-state index contributed by atoms with van der Waals surface area (Å²) in [5, 5.41) is 12.2. The fourth-order valence-corrected chi connectivity index (χ4v) is 2.47. The zero-order valence-corrected chi connectivity index (χ0v) is 13.1. The molecule has 4 N–H and O–H groups in total. The van der Waals surface area contributed by atoms with Crippen molar-refractivity contribution in [3.63, 3.8) is 0 Å². The summed E-state index contributed by atoms with van der Waals surface area (Å²) in [4.78, 5) is 12.1. The van der Waals surface area contributed by atoms with Gasteiger partial charge >= 0.3 is 0 Å². The molecule has 0 aliphatic carbocycles. The van der Waals surface area contributed by atoms with Gasteiger partial charge in [0.15, 0.2) is 5.75 Å². The first-order chi connectivity index (χ1) is 9.38. The Labute approximate surface area is 133 Å². The maximum absolute atomic E-state index is 12.1. The number of phenolic OH excluding ortho intramolecular Hbond substituents is 1. The summed E-state index contributed by atoms with van der Waals surface area (Å²) in [7, 11) is 0. The molecule has 0 spiro atoms. The third kappa shape index (κ3) is 3.17. The molecule has 0 atom stereocenters. The van der Waals surface area contributed by atoms with Gasteiger partial charge in [-0.15, -0.1) is 0 Å². The molecule has 0 heterocycles. The number of phenols is 1. The van der Waals surface area contributed by atoms with Crippen LogP contribution in [0.1, 0.15) is 10.4 Å². The predicted molar refractivity (Wildman–Crippen MR) is 84.6 cm³/mol. The van der Waals surface area contributed by atoms with Gasteiger partial charge in [0.1, 0.15) is 0 Å². The molecule has 7 heteroatoms. The minimum absolute atomic E-state index is 0.0550. The van der Waals surface area contributed by atoms with Crippen LogP contribution in [0.2, 0.25) is 10.0 Å². The molecule has 4 nitrogen and oxygen atoms in total. The van der Waals surface area contributed by atoms with Crippen LogP contribution >= 0.6 is 39.1 Å². The highest BCUT2D eigenvalue weighted by atomic mass is 79.9. The number of halogens is 3. The maximum Gasteiger partial charge on any atom is 0.256 e. The van der Waals surface area contributed by atoms with Crippen molar-refractivity contribution in [2.75, 3.05) is 11.1 Å². The molecule has 2 aromatic carbocycles. The van der Waals surface area contributed by atoms with Gasteiger partial charge in [0.2, 0.25) is 0 Å². The number of benzene rings is 2. The van der Waals surface area contributed by atoms with E-state index in [0.29, 0.717) is 21.4 Å². The van der Waals surface area contributed by atoms with Gasteiger partial charge in [0.05, 0.1) is 15.6 Å². The number of nitrogens with two attached hydrogens (primary N) is 1. The maximum atomic E-state index is 12.1. The van der Waals surface area contributed by atoms with Gasteiger partial charge in [-0.2, -0.15) is 0 Å². The lowest BCUT2D eigenvalue weighted by Crippen LogP contribution is -2.13. The first-order valence-corrected chi connectivity index (χ1v) is 6.98. The van der Waals surface area contributed by atoms with Crippen LogP contribution in [0.4, 0.5) is 11.4 Å². The van der Waals surface area contributed by atoms with Crippen LogP contribution in [0.15, 0.2) is 34.8 Å². The van der Waals surface area contributed by atoms with Crippen LogP contribution in [0.5, 0.6) is 5.75 Å². The second-order valence-electron chi connectivity index (χ2n) is 3.98. The van der Waals surface area contributed by atoms with Gasteiger partial charge in [0, 0.05) is 15.8 Å². The second-order valence-corrected chi connectivity index (χ2v) is 5.65. The summed E-state index contributed by atoms with van der Waals surface area (Å²) in [6.45, 7) is 0. The van der Waals surface area contributed by atoms with Gasteiger partial charge < -0.3 is 16.2 Å². The first-order valence-electron chi connectivity index (χ1n) is 5.43. The van der Waals surface area contributed by atoms with E-state index in [9.17, 15) is 9.90 Å². The number of hydrogen-bond donors (Lipinski definition) is 3. The third-order valence-corrected chi connectivity index (χ3v) is 3.78. The molecular formula is C13H9BrCl2N2O2. The van der Waals surface area contributed by atoms with E-state index in [1.807, 2.05) is 0 Å². The number of hydrogen-bond acceptors (Lipinski definition) is 3. The molecule has 0 saturated carbocycles. The van der Waals surface area contributed by atoms with E-state index in [2.05, 4.69) is 21.2 Å². The lowest BCUT2D eigenvalue weighted by molar-refractivity contribution is 0.102. The van der Waals surface area contributed by atoms with E-state index in [-0.39, 0.29) is 21.7 Å². The molecule has 0 bridgehead atoms. The summed E-state index contributed by atoms with van der Waals surface area (Å²) >= 11 is 14.9. The second kappa shape index (κ2) is 5.91. The summed E-state index contributed by atoms with van der Waals surface area (Å²) in [5.41, 5.74) is 6.88. The fraction of sp³-hybridized carbons (Fsp3) is 0. The van der Waals surface area contributed by atoms with Crippen molar-refractivity contribution in [2.24, 2.45) is 0 Å². The van der Waals surface area contributed by atoms with E-state index in [4.69, 9.17) is 28.9 Å². The quantitative estimate of drug-likeness (QED) is 0.541. The zero-order chi connectivity index (χ0) is 14.9. The SMILES string of the molecule is Nc1ccc(Br)c(C(=O)Nc2cc(Cl)c(O)c(Cl)c2)c1. The van der Waals surface area contributed by atoms with Crippen molar-refractivity contribution in [1.29, 1.82) is 0 Å². The Kier molecular flexibility index (Phi) is 4.42. The Balaban J connectivity index is 2.30. The van der Waals surface area contributed by atoms with Crippen LogP contribution in [0, 0.1) is 0 Å². The number of carbonyl (C=O) groups is 1. The smallest absolute Gasteiger partial charge is 0.256 e. The van der Waals surface area contributed by atoms with Crippen LogP contribution in [-0.2, 0) is 0 Å². The predicted octanol–water partition coefficient (Wildman–Crippen LogP) is 4.30. The van der Waals surface area contributed by atoms with Gasteiger partial charge in [-0.25, -0.2) is 0 Å². The fourth-order valence-electron chi connectivity index (χ4n) is 1.55. The van der Waals surface area contributed by atoms with Crippen LogP contribution in [0.25, 0.3) is 0 Å². The summed E-state index contributed by atoms with van der Waals surface area (Å²) in [6.07, 6.45) is 0. The largest absolute Gasteiger partial charge is 0.505 e. The van der Waals surface area contributed by atoms with E-state index >= 15 is 0 Å². The molecule has 104 valence electrons. The molecule has 0 aromatic heterocycles. The minimum Gasteiger partial charge on any atom is -0.505 e. The van der Waals surface area contributed by atoms with Crippen molar-refractivity contribution in [3.05, 3.63) is 50.4 Å². The Hall–Kier alpha value is -1.43. The van der Waals surface area contributed by atoms with Gasteiger partial charge in [0.25, 0.3) is 5.91 Å². The third-order valence-electron chi connectivity index (χ3n) is 2.51. The normalized spacial score (nSPS) is 10.3. The Morgan fingerprint density at radius 2 is 1.80 bits per heavy atom. The molecule has 2 rings (SSSR count). The minimum atomic E-state index is -0.373. The molecule has 2 aromatic rings. The average molecular weight is 376 g/mol. The van der Waals surface area contributed by atoms with E-state index < -0.39 is 0 Å². The number of nitrogens with one attached hydrogen (secondary N) is 1. The summed E-state index contributed by atoms with van der Waals surface area (Å²) < 4.78 is 0.611. The molecule has 0 radical (unpaired) electrons. The van der Waals surface area contributed by atoms with Gasteiger partial charge in [-0.05, 0) is 46.3 Å². The van der Waals surface area contributed by atoms with Crippen molar-refractivity contribution in [1.82, 2.24) is 0 Å². The highest BCUT2D eigenvalue weighted by molar-refractivity contribution is 9.10. The Bertz CT molecular complexity index is 669. The number of carbonyl (C=O) groups excluding carboxylic acids is 1. The number of rotatable bonds is 2. The molecule has 0 aliphatic rings. The molecule has 0 unspecified atom stereocenters. The van der Waals surface area contributed by atoms with Crippen LogP contribution in [-0.4, -0.2) is 11.0 Å². The lowest BCUT2D eigenvalue weighted by Gasteiger charge is -2.09. The molecule has 0 saturated heterocycles. The summed E-state index contributed by atoms with van der Waals surface area (Å²) in [5.74, 6) is -0.599. The number of aromatic hydroxyl groups is 1. The highest BCUT2D eigenvalue weighted by Crippen LogP contribution is 2.35. The van der Waals surface area contributed by atoms with Crippen molar-refractivity contribution < 1.29 is 9.90 Å². The van der Waals surface area contributed by atoms with Crippen molar-refractivity contribution >= 4 is 56.4 Å². The van der Waals surface area contributed by atoms with Crippen molar-refractivity contribution in [3.8, 4) is 5.75 Å². The lowest BCUT2D eigenvalue weighted by atomic mass is 10.2. The molecule has 0 aliphatic heterocycles. The standard InChI is InChI=1S/C13H9BrCl2N2O2/c14-9-2-1-6(17)3-8(9)13(20)18-7-4-10(15)12(19)11(16)5-7/h1-5,19H,17H2,(H,18,20). The monoisotopic (exact) mass is 374 g/mol. The Morgan fingerprint density at radius 1 is 1.20 bits per heavy atom. The van der Waals surface area contributed by atoms with E-state index in [1.165, 1.54) is 12.1 Å². The van der Waals surface area contributed by atoms with Crippen LogP contribution < -0.4 is 11.1 Å². The first kappa shape index (κ1) is 15.0. The number of nitrogen functional groups attached to an aromatic ring is 1. The van der Waals surface area contributed by atoms with Crippen molar-refractivity contribution in [2.45, 2.75) is 0 Å². The topological polar surface area (TPSA) is 75.4 Å². The zero-order valence-electron chi connectivity index (χ0n) is 9.95. The molecule has 20 heavy (non-hydrogen) atoms. The average Bonchev–Trinajstić information content (AvgIpc) is 2.38. The van der Waals surface area contributed by atoms with Gasteiger partial charge in [-0.1, -0.05) is 23.2 Å². The van der Waals surface area contributed by atoms with E-state index in [0.717, 1.165) is 0 Å². The Morgan fingerprint density at radius 3 is 2.40 bits per heavy atom. The van der Waals surface area contributed by atoms with Crippen LogP contribution in [0.3, 0.4) is 0 Å². The highest BCUT2D eigenvalue weighted by Gasteiger charge is 2.13. The molecule has 1 amide bonds. The van der Waals surface area contributed by atoms with E-state index in [1.54, 1.807) is 18.2 Å². The summed E-state index contributed by atoms with van der Waals surface area (Å²) in [6, 6.07) is 7.71. The molecular weight excluding hydrogens is 367 g/mol. The number of anilines is 2. The number of amides is 1.